The number of amides is 1. The Bertz CT molecular complexity index is 469. The highest BCUT2D eigenvalue weighted by molar-refractivity contribution is 7.10. The number of hydrogen-bond donors (Lipinski definition) is 1. The molecule has 4 heteroatoms. The number of carbonyl (C=O) groups is 1. The van der Waals surface area contributed by atoms with Crippen LogP contribution in [0.25, 0.3) is 0 Å². The zero-order chi connectivity index (χ0) is 12.3. The van der Waals surface area contributed by atoms with Crippen LogP contribution >= 0.6 is 11.3 Å². The highest BCUT2D eigenvalue weighted by Gasteiger charge is 2.26. The van der Waals surface area contributed by atoms with E-state index >= 15 is 0 Å². The molecular weight excluding hydrogens is 232 g/mol. The van der Waals surface area contributed by atoms with Crippen molar-refractivity contribution in [3.63, 3.8) is 0 Å². The minimum atomic E-state index is 0.253. The summed E-state index contributed by atoms with van der Waals surface area (Å²) in [5.74, 6) is 6.63. The van der Waals surface area contributed by atoms with E-state index in [0.29, 0.717) is 25.4 Å². The Morgan fingerprint density at radius 2 is 2.47 bits per heavy atom. The molecule has 1 amide bonds. The maximum Gasteiger partial charge on any atom is 0.223 e. The molecule has 0 aliphatic carbocycles. The van der Waals surface area contributed by atoms with Gasteiger partial charge in [0, 0.05) is 23.4 Å². The number of rotatable bonds is 2. The normalized spacial score (nSPS) is 19.3. The van der Waals surface area contributed by atoms with E-state index in [4.69, 9.17) is 5.73 Å². The molecule has 0 spiro atoms. The molecule has 2 heterocycles. The predicted molar refractivity (Wildman–Crippen MR) is 69.4 cm³/mol. The first-order valence-electron chi connectivity index (χ1n) is 5.73. The van der Waals surface area contributed by atoms with E-state index in [1.165, 1.54) is 0 Å². The molecule has 2 rings (SSSR count). The largest absolute Gasteiger partial charge is 0.337 e. The molecule has 1 aromatic heterocycles. The van der Waals surface area contributed by atoms with Gasteiger partial charge in [0.1, 0.15) is 0 Å². The number of likely N-dealkylation sites (tertiary alicyclic amines) is 1. The second-order valence-electron chi connectivity index (χ2n) is 4.35. The van der Waals surface area contributed by atoms with Gasteiger partial charge in [-0.1, -0.05) is 18.8 Å². The van der Waals surface area contributed by atoms with Crippen LogP contribution in [0.3, 0.4) is 0 Å². The fourth-order valence-corrected chi connectivity index (χ4v) is 2.86. The van der Waals surface area contributed by atoms with Crippen LogP contribution in [0.1, 0.15) is 23.8 Å². The van der Waals surface area contributed by atoms with E-state index in [9.17, 15) is 4.79 Å². The van der Waals surface area contributed by atoms with Crippen molar-refractivity contribution >= 4 is 17.2 Å². The summed E-state index contributed by atoms with van der Waals surface area (Å²) in [6, 6.07) is 1.99. The zero-order valence-corrected chi connectivity index (χ0v) is 10.7. The minimum absolute atomic E-state index is 0.253. The molecule has 0 saturated carbocycles. The first-order valence-corrected chi connectivity index (χ1v) is 6.61. The number of nitrogens with two attached hydrogens (primary N) is 1. The quantitative estimate of drug-likeness (QED) is 0.805. The number of carbonyl (C=O) groups excluding carboxylic acids is 1. The smallest absolute Gasteiger partial charge is 0.223 e. The molecule has 0 bridgehead atoms. The lowest BCUT2D eigenvalue weighted by molar-refractivity contribution is -0.128. The van der Waals surface area contributed by atoms with E-state index in [2.05, 4.69) is 18.8 Å². The van der Waals surface area contributed by atoms with Gasteiger partial charge in [-0.15, -0.1) is 11.3 Å². The van der Waals surface area contributed by atoms with E-state index < -0.39 is 0 Å². The molecule has 2 N–H and O–H groups in total. The van der Waals surface area contributed by atoms with Crippen molar-refractivity contribution < 1.29 is 4.79 Å². The molecule has 17 heavy (non-hydrogen) atoms. The van der Waals surface area contributed by atoms with Gasteiger partial charge < -0.3 is 10.6 Å². The van der Waals surface area contributed by atoms with E-state index in [1.54, 1.807) is 11.3 Å². The first-order chi connectivity index (χ1) is 8.20. The van der Waals surface area contributed by atoms with E-state index in [-0.39, 0.29) is 5.91 Å². The monoisotopic (exact) mass is 248 g/mol. The van der Waals surface area contributed by atoms with Gasteiger partial charge in [0.2, 0.25) is 5.91 Å². The fourth-order valence-electron chi connectivity index (χ4n) is 2.02. The van der Waals surface area contributed by atoms with Crippen LogP contribution < -0.4 is 5.73 Å². The van der Waals surface area contributed by atoms with Gasteiger partial charge in [-0.25, -0.2) is 0 Å². The van der Waals surface area contributed by atoms with Crippen LogP contribution in [-0.4, -0.2) is 23.9 Å². The van der Waals surface area contributed by atoms with Crippen LogP contribution in [-0.2, 0) is 11.3 Å². The van der Waals surface area contributed by atoms with Gasteiger partial charge in [-0.2, -0.15) is 0 Å². The zero-order valence-electron chi connectivity index (χ0n) is 9.90. The van der Waals surface area contributed by atoms with Crippen molar-refractivity contribution in [3.8, 4) is 11.8 Å². The molecule has 1 aliphatic heterocycles. The topological polar surface area (TPSA) is 46.3 Å². The number of nitrogens with zero attached hydrogens (tertiary/aromatic N) is 1. The molecule has 1 aromatic rings. The minimum Gasteiger partial charge on any atom is -0.337 e. The molecule has 1 unspecified atom stereocenters. The maximum absolute atomic E-state index is 11.7. The highest BCUT2D eigenvalue weighted by Crippen LogP contribution is 2.23. The van der Waals surface area contributed by atoms with Crippen LogP contribution in [0.2, 0.25) is 0 Å². The summed E-state index contributed by atoms with van der Waals surface area (Å²) in [6.45, 7) is 4.03. The van der Waals surface area contributed by atoms with Gasteiger partial charge in [-0.3, -0.25) is 4.79 Å². The molecule has 1 atom stereocenters. The van der Waals surface area contributed by atoms with Crippen molar-refractivity contribution in [2.75, 3.05) is 13.1 Å². The van der Waals surface area contributed by atoms with Crippen molar-refractivity contribution in [2.45, 2.75) is 19.9 Å². The van der Waals surface area contributed by atoms with Gasteiger partial charge in [0.15, 0.2) is 0 Å². The van der Waals surface area contributed by atoms with E-state index in [1.807, 2.05) is 16.3 Å². The number of thiophene rings is 1. The summed E-state index contributed by atoms with van der Waals surface area (Å²) in [5, 5.41) is 2.01. The molecule has 3 nitrogen and oxygen atoms in total. The molecule has 0 aromatic carbocycles. The lowest BCUT2D eigenvalue weighted by Crippen LogP contribution is -2.24. The van der Waals surface area contributed by atoms with Gasteiger partial charge in [-0.05, 0) is 17.4 Å². The molecular formula is C13H16N2OS. The van der Waals surface area contributed by atoms with Crippen molar-refractivity contribution in [3.05, 3.63) is 21.9 Å². The van der Waals surface area contributed by atoms with Gasteiger partial charge in [0.05, 0.1) is 13.1 Å². The lowest BCUT2D eigenvalue weighted by Gasteiger charge is -2.15. The third-order valence-electron chi connectivity index (χ3n) is 2.81. The standard InChI is InChI=1S/C13H16N2OS/c1-10-7-13(16)15(8-10)9-12-11(3-2-5-14)4-6-17-12/h4,6,10H,5,7-9,14H2,1H3. The summed E-state index contributed by atoms with van der Waals surface area (Å²) < 4.78 is 0. The van der Waals surface area contributed by atoms with Gasteiger partial charge in [0.25, 0.3) is 0 Å². The fraction of sp³-hybridized carbons (Fsp3) is 0.462. The Morgan fingerprint density at radius 3 is 3.12 bits per heavy atom. The Balaban J connectivity index is 2.09. The predicted octanol–water partition coefficient (Wildman–Crippen LogP) is 1.43. The first kappa shape index (κ1) is 12.2. The molecule has 1 aliphatic rings. The van der Waals surface area contributed by atoms with E-state index in [0.717, 1.165) is 17.0 Å². The second-order valence-corrected chi connectivity index (χ2v) is 5.35. The average Bonchev–Trinajstić information content (AvgIpc) is 2.84. The van der Waals surface area contributed by atoms with Crippen molar-refractivity contribution in [1.82, 2.24) is 4.90 Å². The Labute approximate surface area is 106 Å². The molecule has 0 radical (unpaired) electrons. The van der Waals surface area contributed by atoms with Crippen LogP contribution in [0, 0.1) is 17.8 Å². The Hall–Kier alpha value is -1.31. The highest BCUT2D eigenvalue weighted by atomic mass is 32.1. The summed E-state index contributed by atoms with van der Waals surface area (Å²) >= 11 is 1.65. The summed E-state index contributed by atoms with van der Waals surface area (Å²) in [7, 11) is 0. The van der Waals surface area contributed by atoms with Crippen LogP contribution in [0.4, 0.5) is 0 Å². The van der Waals surface area contributed by atoms with Crippen molar-refractivity contribution in [1.29, 1.82) is 0 Å². The third kappa shape index (κ3) is 2.87. The molecule has 1 saturated heterocycles. The Morgan fingerprint density at radius 1 is 1.65 bits per heavy atom. The summed E-state index contributed by atoms with van der Waals surface area (Å²) in [4.78, 5) is 14.8. The van der Waals surface area contributed by atoms with Crippen LogP contribution in [0.5, 0.6) is 0 Å². The average molecular weight is 248 g/mol. The summed E-state index contributed by atoms with van der Waals surface area (Å²) in [6.07, 6.45) is 0.676. The third-order valence-corrected chi connectivity index (χ3v) is 3.72. The second kappa shape index (κ2) is 5.35. The summed E-state index contributed by atoms with van der Waals surface area (Å²) in [5.41, 5.74) is 6.37. The maximum atomic E-state index is 11.7. The van der Waals surface area contributed by atoms with Crippen LogP contribution in [0.15, 0.2) is 11.4 Å². The SMILES string of the molecule is CC1CC(=O)N(Cc2sccc2C#CCN)C1. The Kier molecular flexibility index (Phi) is 3.82. The molecule has 1 fully saturated rings. The lowest BCUT2D eigenvalue weighted by atomic mass is 10.2. The number of hydrogen-bond acceptors (Lipinski definition) is 3. The van der Waals surface area contributed by atoms with Gasteiger partial charge >= 0.3 is 0 Å². The van der Waals surface area contributed by atoms with Crippen molar-refractivity contribution in [2.24, 2.45) is 11.7 Å². The molecule has 90 valence electrons.